The average Bonchev–Trinajstić information content (AvgIpc) is 3.31. The number of halogens is 1. The molecule has 1 heterocycles. The maximum absolute atomic E-state index is 13.5. The predicted molar refractivity (Wildman–Crippen MR) is 130 cm³/mol. The number of sulfonamides is 1. The van der Waals surface area contributed by atoms with Crippen molar-refractivity contribution in [3.05, 3.63) is 88.1 Å². The molecule has 2 aromatic carbocycles. The van der Waals surface area contributed by atoms with E-state index in [1.807, 2.05) is 17.5 Å². The normalized spacial score (nSPS) is 11.1. The number of nitrogens with one attached hydrogen (secondary N) is 1. The number of nitrogens with zero attached hydrogens (tertiary/aromatic N) is 1. The summed E-state index contributed by atoms with van der Waals surface area (Å²) >= 11 is 7.83. The highest BCUT2D eigenvalue weighted by Crippen LogP contribution is 2.33. The van der Waals surface area contributed by atoms with Gasteiger partial charge in [0, 0.05) is 11.4 Å². The number of carbonyl (C=O) groups is 1. The Kier molecular flexibility index (Phi) is 7.95. The number of methoxy groups -OCH3 is 1. The number of benzene rings is 2. The molecule has 0 saturated carbocycles. The molecule has 168 valence electrons. The molecule has 0 aliphatic rings. The molecule has 0 spiro atoms. The summed E-state index contributed by atoms with van der Waals surface area (Å²) in [6, 6.07) is 14.8. The molecular weight excluding hydrogens is 468 g/mol. The van der Waals surface area contributed by atoms with Crippen LogP contribution in [-0.4, -0.2) is 34.5 Å². The number of rotatable bonds is 10. The van der Waals surface area contributed by atoms with Gasteiger partial charge in [-0.25, -0.2) is 8.42 Å². The molecule has 1 amide bonds. The molecule has 1 aromatic heterocycles. The van der Waals surface area contributed by atoms with Gasteiger partial charge in [-0.15, -0.1) is 17.9 Å². The van der Waals surface area contributed by atoms with E-state index in [4.69, 9.17) is 16.3 Å². The standard InChI is InChI=1S/C23H23ClN2O4S2/c1-3-14-26(21-8-4-5-9-22(21)30-2)32(28,29)18-10-11-20(24)19(16-18)23(27)25-13-12-17-7-6-15-31-17/h3-11,15-16H,1,12-14H2,2H3,(H,25,27). The Morgan fingerprint density at radius 1 is 1.22 bits per heavy atom. The third-order valence-corrected chi connectivity index (χ3v) is 7.70. The second-order valence-corrected chi connectivity index (χ2v) is 10.0. The summed E-state index contributed by atoms with van der Waals surface area (Å²) in [5, 5.41) is 4.94. The fourth-order valence-electron chi connectivity index (χ4n) is 3.09. The maximum Gasteiger partial charge on any atom is 0.264 e. The number of amides is 1. The lowest BCUT2D eigenvalue weighted by Crippen LogP contribution is -2.32. The highest BCUT2D eigenvalue weighted by Gasteiger charge is 2.27. The van der Waals surface area contributed by atoms with Gasteiger partial charge in [-0.05, 0) is 48.2 Å². The van der Waals surface area contributed by atoms with E-state index >= 15 is 0 Å². The van der Waals surface area contributed by atoms with Crippen LogP contribution < -0.4 is 14.4 Å². The van der Waals surface area contributed by atoms with Crippen molar-refractivity contribution in [1.82, 2.24) is 5.32 Å². The molecular formula is C23H23ClN2O4S2. The number of thiophene rings is 1. The smallest absolute Gasteiger partial charge is 0.264 e. The number of hydrogen-bond acceptors (Lipinski definition) is 5. The number of ether oxygens (including phenoxy) is 1. The number of para-hydroxylation sites is 2. The summed E-state index contributed by atoms with van der Waals surface area (Å²) in [5.41, 5.74) is 0.462. The average molecular weight is 491 g/mol. The highest BCUT2D eigenvalue weighted by atomic mass is 35.5. The molecule has 3 rings (SSSR count). The van der Waals surface area contributed by atoms with Gasteiger partial charge in [0.2, 0.25) is 0 Å². The summed E-state index contributed by atoms with van der Waals surface area (Å²) in [7, 11) is -2.56. The van der Waals surface area contributed by atoms with Gasteiger partial charge in [0.05, 0.1) is 34.8 Å². The SMILES string of the molecule is C=CCN(c1ccccc1OC)S(=O)(=O)c1ccc(Cl)c(C(=O)NCCc2cccs2)c1. The second kappa shape index (κ2) is 10.7. The molecule has 3 aromatic rings. The van der Waals surface area contributed by atoms with Crippen molar-refractivity contribution in [2.45, 2.75) is 11.3 Å². The minimum absolute atomic E-state index is 0.0215. The van der Waals surface area contributed by atoms with Crippen LogP contribution in [0.25, 0.3) is 0 Å². The summed E-state index contributed by atoms with van der Waals surface area (Å²) in [6.07, 6.45) is 2.16. The Morgan fingerprint density at radius 3 is 2.69 bits per heavy atom. The summed E-state index contributed by atoms with van der Waals surface area (Å²) in [6.45, 7) is 4.11. The van der Waals surface area contributed by atoms with Crippen LogP contribution >= 0.6 is 22.9 Å². The van der Waals surface area contributed by atoms with Crippen molar-refractivity contribution < 1.29 is 17.9 Å². The molecule has 9 heteroatoms. The summed E-state index contributed by atoms with van der Waals surface area (Å²) in [4.78, 5) is 13.8. The van der Waals surface area contributed by atoms with Crippen molar-refractivity contribution >= 4 is 44.6 Å². The van der Waals surface area contributed by atoms with Gasteiger partial charge in [-0.2, -0.15) is 0 Å². The minimum Gasteiger partial charge on any atom is -0.495 e. The molecule has 32 heavy (non-hydrogen) atoms. The second-order valence-electron chi connectivity index (χ2n) is 6.72. The van der Waals surface area contributed by atoms with Crippen molar-refractivity contribution in [3.8, 4) is 5.75 Å². The van der Waals surface area contributed by atoms with Crippen LogP contribution in [0, 0.1) is 0 Å². The summed E-state index contributed by atoms with van der Waals surface area (Å²) < 4.78 is 33.5. The molecule has 0 unspecified atom stereocenters. The van der Waals surface area contributed by atoms with E-state index in [1.165, 1.54) is 35.7 Å². The zero-order valence-electron chi connectivity index (χ0n) is 17.5. The number of hydrogen-bond donors (Lipinski definition) is 1. The van der Waals surface area contributed by atoms with Gasteiger partial charge in [0.15, 0.2) is 0 Å². The maximum atomic E-state index is 13.5. The molecule has 0 saturated heterocycles. The fourth-order valence-corrected chi connectivity index (χ4v) is 5.48. The van der Waals surface area contributed by atoms with Crippen molar-refractivity contribution in [2.24, 2.45) is 0 Å². The zero-order valence-corrected chi connectivity index (χ0v) is 19.8. The number of carbonyl (C=O) groups excluding carboxylic acids is 1. The van der Waals surface area contributed by atoms with Crippen LogP contribution in [-0.2, 0) is 16.4 Å². The third kappa shape index (κ3) is 5.32. The van der Waals surface area contributed by atoms with E-state index in [1.54, 1.807) is 35.6 Å². The first-order chi connectivity index (χ1) is 15.4. The lowest BCUT2D eigenvalue weighted by molar-refractivity contribution is 0.0954. The molecule has 6 nitrogen and oxygen atoms in total. The van der Waals surface area contributed by atoms with E-state index in [0.717, 1.165) is 4.88 Å². The lowest BCUT2D eigenvalue weighted by atomic mass is 10.2. The highest BCUT2D eigenvalue weighted by molar-refractivity contribution is 7.92. The fraction of sp³-hybridized carbons (Fsp3) is 0.174. The predicted octanol–water partition coefficient (Wildman–Crippen LogP) is 4.76. The molecule has 0 atom stereocenters. The Hall–Kier alpha value is -2.81. The van der Waals surface area contributed by atoms with E-state index in [0.29, 0.717) is 24.4 Å². The zero-order chi connectivity index (χ0) is 23.1. The first-order valence-electron chi connectivity index (χ1n) is 9.75. The first kappa shape index (κ1) is 23.8. The van der Waals surface area contributed by atoms with Crippen LogP contribution in [0.2, 0.25) is 5.02 Å². The van der Waals surface area contributed by atoms with Gasteiger partial charge in [0.1, 0.15) is 5.75 Å². The summed E-state index contributed by atoms with van der Waals surface area (Å²) in [5.74, 6) is -0.0328. The van der Waals surface area contributed by atoms with Crippen molar-refractivity contribution in [2.75, 3.05) is 24.5 Å². The van der Waals surface area contributed by atoms with Gasteiger partial charge in [-0.3, -0.25) is 9.10 Å². The van der Waals surface area contributed by atoms with Crippen LogP contribution in [0.15, 0.2) is 77.5 Å². The molecule has 0 aliphatic heterocycles. The Balaban J connectivity index is 1.89. The third-order valence-electron chi connectivity index (χ3n) is 4.66. The van der Waals surface area contributed by atoms with Gasteiger partial charge >= 0.3 is 0 Å². The quantitative estimate of drug-likeness (QED) is 0.415. The number of anilines is 1. The Labute approximate surface area is 197 Å². The van der Waals surface area contributed by atoms with Crippen LogP contribution in [0.3, 0.4) is 0 Å². The van der Waals surface area contributed by atoms with E-state index in [-0.39, 0.29) is 22.0 Å². The molecule has 0 radical (unpaired) electrons. The van der Waals surface area contributed by atoms with Crippen LogP contribution in [0.4, 0.5) is 5.69 Å². The van der Waals surface area contributed by atoms with Crippen LogP contribution in [0.1, 0.15) is 15.2 Å². The molecule has 0 aliphatic carbocycles. The molecule has 0 bridgehead atoms. The van der Waals surface area contributed by atoms with Gasteiger partial charge < -0.3 is 10.1 Å². The van der Waals surface area contributed by atoms with Gasteiger partial charge in [-0.1, -0.05) is 35.9 Å². The van der Waals surface area contributed by atoms with E-state index < -0.39 is 15.9 Å². The van der Waals surface area contributed by atoms with E-state index in [2.05, 4.69) is 11.9 Å². The topological polar surface area (TPSA) is 75.7 Å². The molecule has 0 fully saturated rings. The van der Waals surface area contributed by atoms with Crippen molar-refractivity contribution in [3.63, 3.8) is 0 Å². The van der Waals surface area contributed by atoms with Crippen molar-refractivity contribution in [1.29, 1.82) is 0 Å². The van der Waals surface area contributed by atoms with Crippen LogP contribution in [0.5, 0.6) is 5.75 Å². The molecule has 1 N–H and O–H groups in total. The van der Waals surface area contributed by atoms with E-state index in [9.17, 15) is 13.2 Å². The minimum atomic E-state index is -4.03. The van der Waals surface area contributed by atoms with Gasteiger partial charge in [0.25, 0.3) is 15.9 Å². The monoisotopic (exact) mass is 490 g/mol. The largest absolute Gasteiger partial charge is 0.495 e. The Bertz CT molecular complexity index is 1190. The first-order valence-corrected chi connectivity index (χ1v) is 12.4. The lowest BCUT2D eigenvalue weighted by Gasteiger charge is -2.25. The Morgan fingerprint density at radius 2 is 2.00 bits per heavy atom.